The van der Waals surface area contributed by atoms with Gasteiger partial charge in [-0.3, -0.25) is 9.69 Å². The molecule has 0 saturated carbocycles. The zero-order valence-corrected chi connectivity index (χ0v) is 12.0. The Morgan fingerprint density at radius 3 is 2.12 bits per heavy atom. The minimum Gasteiger partial charge on any atom is -0.276 e. The van der Waals surface area contributed by atoms with E-state index in [0.29, 0.717) is 4.90 Å². The van der Waals surface area contributed by atoms with E-state index in [4.69, 9.17) is 5.26 Å². The van der Waals surface area contributed by atoms with Gasteiger partial charge in [0.1, 0.15) is 11.6 Å². The summed E-state index contributed by atoms with van der Waals surface area (Å²) in [4.78, 5) is 12.5. The quantitative estimate of drug-likeness (QED) is 0.707. The van der Waals surface area contributed by atoms with Gasteiger partial charge >= 0.3 is 12.4 Å². The summed E-state index contributed by atoms with van der Waals surface area (Å²) in [6.45, 7) is 4.68. The Labute approximate surface area is 132 Å². The van der Waals surface area contributed by atoms with Gasteiger partial charge in [-0.15, -0.1) is 0 Å². The van der Waals surface area contributed by atoms with Crippen molar-refractivity contribution in [2.45, 2.75) is 19.3 Å². The molecule has 0 unspecified atom stereocenters. The second kappa shape index (κ2) is 5.40. The van der Waals surface area contributed by atoms with Crippen LogP contribution in [0.2, 0.25) is 0 Å². The first-order chi connectivity index (χ1) is 10.9. The van der Waals surface area contributed by atoms with E-state index in [1.165, 1.54) is 13.0 Å². The van der Waals surface area contributed by atoms with Gasteiger partial charge in [0.05, 0.1) is 16.8 Å². The normalized spacial score (nSPS) is 16.0. The lowest BCUT2D eigenvalue weighted by Crippen LogP contribution is -2.28. The Bertz CT molecular complexity index is 811. The highest BCUT2D eigenvalue weighted by Gasteiger charge is 2.42. The summed E-state index contributed by atoms with van der Waals surface area (Å²) in [7, 11) is 0. The van der Waals surface area contributed by atoms with Crippen LogP contribution >= 0.6 is 0 Å². The van der Waals surface area contributed by atoms with Crippen molar-refractivity contribution in [2.75, 3.05) is 4.90 Å². The fraction of sp³-hybridized carbons (Fsp3) is 0.200. The maximum absolute atomic E-state index is 13.1. The standard InChI is InChI=1S/C15H8F6N2O/c1-7-8(2)23(13(24)10(7)6-22)12-5-9(14(16,17)18)3-4-11(12)15(19,20)21/h3-5H,2H2,1H3. The summed E-state index contributed by atoms with van der Waals surface area (Å²) in [5.41, 5.74) is -4.54. The lowest BCUT2D eigenvalue weighted by molar-refractivity contribution is -0.141. The second-order valence-corrected chi connectivity index (χ2v) is 4.93. The lowest BCUT2D eigenvalue weighted by Gasteiger charge is -2.24. The topological polar surface area (TPSA) is 44.1 Å². The first-order valence-electron chi connectivity index (χ1n) is 6.32. The van der Waals surface area contributed by atoms with Crippen LogP contribution in [0.5, 0.6) is 0 Å². The van der Waals surface area contributed by atoms with Gasteiger partial charge in [-0.25, -0.2) is 0 Å². The van der Waals surface area contributed by atoms with E-state index in [9.17, 15) is 31.1 Å². The first-order valence-corrected chi connectivity index (χ1v) is 6.32. The maximum atomic E-state index is 13.1. The fourth-order valence-corrected chi connectivity index (χ4v) is 2.23. The van der Waals surface area contributed by atoms with Crippen molar-refractivity contribution in [3.8, 4) is 6.07 Å². The van der Waals surface area contributed by atoms with Gasteiger partial charge in [-0.2, -0.15) is 31.6 Å². The van der Waals surface area contributed by atoms with Crippen LogP contribution in [0.15, 0.2) is 41.6 Å². The number of rotatable bonds is 1. The molecule has 2 rings (SSSR count). The lowest BCUT2D eigenvalue weighted by atomic mass is 10.1. The molecule has 1 aliphatic heterocycles. The van der Waals surface area contributed by atoms with E-state index in [1.807, 2.05) is 0 Å². The SMILES string of the molecule is C=C1C(C)=C(C#N)C(=O)N1c1cc(C(F)(F)F)ccc1C(F)(F)F. The molecule has 0 aliphatic carbocycles. The van der Waals surface area contributed by atoms with Crippen molar-refractivity contribution in [3.05, 3.63) is 52.7 Å². The van der Waals surface area contributed by atoms with Gasteiger partial charge in [0.15, 0.2) is 0 Å². The number of allylic oxidation sites excluding steroid dienone is 1. The molecule has 0 saturated heterocycles. The number of hydrogen-bond donors (Lipinski definition) is 0. The molecule has 0 spiro atoms. The van der Waals surface area contributed by atoms with Crippen LogP contribution in [0, 0.1) is 11.3 Å². The predicted octanol–water partition coefficient (Wildman–Crippen LogP) is 4.42. The van der Waals surface area contributed by atoms with Gasteiger partial charge in [0, 0.05) is 5.70 Å². The molecular formula is C15H8F6N2O. The van der Waals surface area contributed by atoms with Crippen LogP contribution in [-0.2, 0) is 17.1 Å². The van der Waals surface area contributed by atoms with Crippen LogP contribution in [0.25, 0.3) is 0 Å². The molecule has 1 aromatic rings. The minimum atomic E-state index is -5.00. The smallest absolute Gasteiger partial charge is 0.276 e. The molecule has 0 N–H and O–H groups in total. The van der Waals surface area contributed by atoms with Gasteiger partial charge in [0.2, 0.25) is 0 Å². The summed E-state index contributed by atoms with van der Waals surface area (Å²) in [6, 6.07) is 2.27. The fourth-order valence-electron chi connectivity index (χ4n) is 2.23. The van der Waals surface area contributed by atoms with Crippen molar-refractivity contribution < 1.29 is 31.1 Å². The Balaban J connectivity index is 2.72. The Kier molecular flexibility index (Phi) is 3.96. The number of anilines is 1. The van der Waals surface area contributed by atoms with Crippen molar-refractivity contribution in [3.63, 3.8) is 0 Å². The molecule has 0 aromatic heterocycles. The number of amides is 1. The third-order valence-corrected chi connectivity index (χ3v) is 3.48. The van der Waals surface area contributed by atoms with E-state index in [2.05, 4.69) is 6.58 Å². The summed E-state index contributed by atoms with van der Waals surface area (Å²) >= 11 is 0. The average Bonchev–Trinajstić information content (AvgIpc) is 2.66. The number of halogens is 6. The van der Waals surface area contributed by atoms with Crippen LogP contribution in [0.4, 0.5) is 32.0 Å². The van der Waals surface area contributed by atoms with E-state index in [-0.39, 0.29) is 29.5 Å². The van der Waals surface area contributed by atoms with Gasteiger partial charge in [-0.1, -0.05) is 6.58 Å². The third kappa shape index (κ3) is 2.75. The van der Waals surface area contributed by atoms with E-state index < -0.39 is 40.6 Å². The van der Waals surface area contributed by atoms with Gasteiger partial charge in [-0.05, 0) is 30.7 Å². The molecule has 3 nitrogen and oxygen atoms in total. The molecule has 1 amide bonds. The summed E-state index contributed by atoms with van der Waals surface area (Å²) < 4.78 is 77.9. The number of carbonyl (C=O) groups is 1. The van der Waals surface area contributed by atoms with Crippen LogP contribution in [-0.4, -0.2) is 5.91 Å². The van der Waals surface area contributed by atoms with Crippen molar-refractivity contribution >= 4 is 11.6 Å². The van der Waals surface area contributed by atoms with Gasteiger partial charge < -0.3 is 0 Å². The molecule has 1 aliphatic rings. The molecule has 0 bridgehead atoms. The molecule has 24 heavy (non-hydrogen) atoms. The van der Waals surface area contributed by atoms with E-state index in [1.54, 1.807) is 0 Å². The van der Waals surface area contributed by atoms with Crippen LogP contribution < -0.4 is 4.90 Å². The van der Waals surface area contributed by atoms with E-state index >= 15 is 0 Å². The molecular weight excluding hydrogens is 338 g/mol. The Hall–Kier alpha value is -2.76. The van der Waals surface area contributed by atoms with Crippen LogP contribution in [0.1, 0.15) is 18.1 Å². The first kappa shape index (κ1) is 17.6. The number of nitrogens with zero attached hydrogens (tertiary/aromatic N) is 2. The Morgan fingerprint density at radius 1 is 1.12 bits per heavy atom. The minimum absolute atomic E-state index is 0.00744. The van der Waals surface area contributed by atoms with Crippen molar-refractivity contribution in [1.29, 1.82) is 5.26 Å². The monoisotopic (exact) mass is 346 g/mol. The highest BCUT2D eigenvalue weighted by Crippen LogP contribution is 2.43. The van der Waals surface area contributed by atoms with Crippen molar-refractivity contribution in [2.24, 2.45) is 0 Å². The number of alkyl halides is 6. The molecule has 0 fully saturated rings. The maximum Gasteiger partial charge on any atom is 0.418 e. The molecule has 0 atom stereocenters. The highest BCUT2D eigenvalue weighted by molar-refractivity contribution is 6.15. The molecule has 126 valence electrons. The number of benzene rings is 1. The second-order valence-electron chi connectivity index (χ2n) is 4.93. The number of carbonyl (C=O) groups excluding carboxylic acids is 1. The van der Waals surface area contributed by atoms with Crippen LogP contribution in [0.3, 0.4) is 0 Å². The molecule has 9 heteroatoms. The third-order valence-electron chi connectivity index (χ3n) is 3.48. The number of nitriles is 1. The van der Waals surface area contributed by atoms with Gasteiger partial charge in [0.25, 0.3) is 5.91 Å². The zero-order valence-electron chi connectivity index (χ0n) is 12.0. The Morgan fingerprint density at radius 2 is 1.71 bits per heavy atom. The largest absolute Gasteiger partial charge is 0.418 e. The van der Waals surface area contributed by atoms with E-state index in [0.717, 1.165) is 0 Å². The zero-order chi connectivity index (χ0) is 18.4. The molecule has 1 heterocycles. The average molecular weight is 346 g/mol. The highest BCUT2D eigenvalue weighted by atomic mass is 19.4. The predicted molar refractivity (Wildman–Crippen MR) is 71.4 cm³/mol. The molecule has 0 radical (unpaired) electrons. The summed E-state index contributed by atoms with van der Waals surface area (Å²) in [5.74, 6) is -1.15. The van der Waals surface area contributed by atoms with Crippen molar-refractivity contribution in [1.82, 2.24) is 0 Å². The number of hydrogen-bond acceptors (Lipinski definition) is 2. The molecule has 1 aromatic carbocycles. The summed E-state index contributed by atoms with van der Waals surface area (Å²) in [6.07, 6.45) is -9.90. The summed E-state index contributed by atoms with van der Waals surface area (Å²) in [5, 5.41) is 8.90.